The average molecular weight is 211 g/mol. The zero-order valence-electron chi connectivity index (χ0n) is 8.82. The van der Waals surface area contributed by atoms with Gasteiger partial charge in [0.2, 0.25) is 6.41 Å². The van der Waals surface area contributed by atoms with Crippen molar-refractivity contribution < 1.29 is 14.7 Å². The molecule has 0 atom stereocenters. The number of amides is 1. The van der Waals surface area contributed by atoms with E-state index in [2.05, 4.69) is 0 Å². The molecule has 0 spiro atoms. The molecular formula is C11H17NO3. The Hall–Kier alpha value is -1.06. The quantitative estimate of drug-likeness (QED) is 0.715. The molecule has 15 heavy (non-hydrogen) atoms. The van der Waals surface area contributed by atoms with Gasteiger partial charge in [0.1, 0.15) is 5.54 Å². The maximum atomic E-state index is 11.4. The molecule has 2 fully saturated rings. The molecule has 2 aliphatic rings. The summed E-state index contributed by atoms with van der Waals surface area (Å²) in [4.78, 5) is 24.0. The number of carboxylic acid groups (broad SMARTS) is 1. The molecule has 2 saturated carbocycles. The van der Waals surface area contributed by atoms with Crippen LogP contribution in [0, 0.1) is 0 Å². The van der Waals surface area contributed by atoms with Crippen molar-refractivity contribution in [1.82, 2.24) is 4.90 Å². The maximum absolute atomic E-state index is 11.4. The SMILES string of the molecule is O=CN(C1CC1)C1(C(=O)O)CCCCC1. The van der Waals surface area contributed by atoms with Crippen LogP contribution in [-0.4, -0.2) is 34.0 Å². The Morgan fingerprint density at radius 1 is 1.27 bits per heavy atom. The Kier molecular flexibility index (Phi) is 2.67. The first-order chi connectivity index (χ1) is 7.20. The van der Waals surface area contributed by atoms with Crippen LogP contribution in [0.4, 0.5) is 0 Å². The van der Waals surface area contributed by atoms with Gasteiger partial charge < -0.3 is 10.0 Å². The standard InChI is InChI=1S/C11H17NO3/c13-8-12(9-4-5-9)11(10(14)15)6-2-1-3-7-11/h8-9H,1-7H2,(H,14,15). The molecule has 0 aromatic carbocycles. The topological polar surface area (TPSA) is 57.6 Å². The molecule has 0 aromatic heterocycles. The third-order valence-corrected chi connectivity index (χ3v) is 3.63. The monoisotopic (exact) mass is 211 g/mol. The van der Waals surface area contributed by atoms with Crippen LogP contribution < -0.4 is 0 Å². The Morgan fingerprint density at radius 3 is 2.27 bits per heavy atom. The summed E-state index contributed by atoms with van der Waals surface area (Å²) in [5.74, 6) is -0.818. The van der Waals surface area contributed by atoms with E-state index in [1.54, 1.807) is 4.90 Å². The lowest BCUT2D eigenvalue weighted by Crippen LogP contribution is -2.56. The van der Waals surface area contributed by atoms with Gasteiger partial charge in [-0.25, -0.2) is 4.79 Å². The number of carbonyl (C=O) groups excluding carboxylic acids is 1. The van der Waals surface area contributed by atoms with Gasteiger partial charge in [-0.3, -0.25) is 4.79 Å². The molecule has 1 N–H and O–H groups in total. The largest absolute Gasteiger partial charge is 0.479 e. The number of carbonyl (C=O) groups is 2. The highest BCUT2D eigenvalue weighted by Crippen LogP contribution is 2.39. The van der Waals surface area contributed by atoms with Crippen LogP contribution in [0.1, 0.15) is 44.9 Å². The predicted octanol–water partition coefficient (Wildman–Crippen LogP) is 1.39. The van der Waals surface area contributed by atoms with Gasteiger partial charge in [0.15, 0.2) is 0 Å². The fourth-order valence-electron chi connectivity index (χ4n) is 2.61. The van der Waals surface area contributed by atoms with E-state index in [4.69, 9.17) is 0 Å². The lowest BCUT2D eigenvalue weighted by molar-refractivity contribution is -0.158. The molecule has 2 rings (SSSR count). The van der Waals surface area contributed by atoms with Crippen molar-refractivity contribution in [2.45, 2.75) is 56.5 Å². The number of aliphatic carboxylic acids is 1. The van der Waals surface area contributed by atoms with Gasteiger partial charge in [0, 0.05) is 6.04 Å². The van der Waals surface area contributed by atoms with Crippen molar-refractivity contribution in [2.24, 2.45) is 0 Å². The Bertz CT molecular complexity index is 267. The maximum Gasteiger partial charge on any atom is 0.329 e. The molecule has 4 nitrogen and oxygen atoms in total. The van der Waals surface area contributed by atoms with Crippen LogP contribution in [0.5, 0.6) is 0 Å². The van der Waals surface area contributed by atoms with Crippen LogP contribution in [0.2, 0.25) is 0 Å². The summed E-state index contributed by atoms with van der Waals surface area (Å²) in [5, 5.41) is 9.37. The highest BCUT2D eigenvalue weighted by molar-refractivity contribution is 5.82. The number of carboxylic acids is 1. The van der Waals surface area contributed by atoms with E-state index in [1.165, 1.54) is 0 Å². The van der Waals surface area contributed by atoms with Gasteiger partial charge in [-0.05, 0) is 25.7 Å². The zero-order chi connectivity index (χ0) is 10.9. The van der Waals surface area contributed by atoms with Crippen LogP contribution >= 0.6 is 0 Å². The minimum atomic E-state index is -0.888. The van der Waals surface area contributed by atoms with Crippen molar-refractivity contribution in [2.75, 3.05) is 0 Å². The second-order valence-corrected chi connectivity index (χ2v) is 4.64. The fourth-order valence-corrected chi connectivity index (χ4v) is 2.61. The molecule has 4 heteroatoms. The van der Waals surface area contributed by atoms with Crippen molar-refractivity contribution in [1.29, 1.82) is 0 Å². The number of rotatable bonds is 4. The summed E-state index contributed by atoms with van der Waals surface area (Å²) in [6.07, 6.45) is 6.85. The molecule has 0 saturated heterocycles. The van der Waals surface area contributed by atoms with Gasteiger partial charge in [-0.2, -0.15) is 0 Å². The van der Waals surface area contributed by atoms with Gasteiger partial charge in [-0.1, -0.05) is 19.3 Å². The molecule has 0 aliphatic heterocycles. The van der Waals surface area contributed by atoms with Crippen molar-refractivity contribution >= 4 is 12.4 Å². The smallest absolute Gasteiger partial charge is 0.329 e. The average Bonchev–Trinajstić information content (AvgIpc) is 3.04. The lowest BCUT2D eigenvalue weighted by atomic mass is 9.80. The Morgan fingerprint density at radius 2 is 1.87 bits per heavy atom. The van der Waals surface area contributed by atoms with Gasteiger partial charge >= 0.3 is 5.97 Å². The highest BCUT2D eigenvalue weighted by atomic mass is 16.4. The van der Waals surface area contributed by atoms with E-state index in [0.717, 1.165) is 38.5 Å². The Labute approximate surface area is 89.3 Å². The lowest BCUT2D eigenvalue weighted by Gasteiger charge is -2.41. The molecule has 0 heterocycles. The van der Waals surface area contributed by atoms with E-state index in [-0.39, 0.29) is 6.04 Å². The fraction of sp³-hybridized carbons (Fsp3) is 0.818. The molecule has 2 aliphatic carbocycles. The molecule has 84 valence electrons. The molecule has 0 aromatic rings. The Balaban J connectivity index is 2.22. The number of hydrogen-bond donors (Lipinski definition) is 1. The van der Waals surface area contributed by atoms with Gasteiger partial charge in [0.05, 0.1) is 0 Å². The summed E-state index contributed by atoms with van der Waals surface area (Å²) in [7, 11) is 0. The van der Waals surface area contributed by atoms with E-state index in [1.807, 2.05) is 0 Å². The summed E-state index contributed by atoms with van der Waals surface area (Å²) >= 11 is 0. The highest BCUT2D eigenvalue weighted by Gasteiger charge is 2.49. The summed E-state index contributed by atoms with van der Waals surface area (Å²) in [6.45, 7) is 0. The summed E-state index contributed by atoms with van der Waals surface area (Å²) in [5.41, 5.74) is -0.888. The third kappa shape index (κ3) is 1.73. The van der Waals surface area contributed by atoms with Crippen molar-refractivity contribution in [3.8, 4) is 0 Å². The first kappa shape index (κ1) is 10.5. The first-order valence-corrected chi connectivity index (χ1v) is 5.68. The number of hydrogen-bond acceptors (Lipinski definition) is 2. The summed E-state index contributed by atoms with van der Waals surface area (Å²) < 4.78 is 0. The molecule has 0 unspecified atom stereocenters. The predicted molar refractivity (Wildman–Crippen MR) is 54.4 cm³/mol. The molecular weight excluding hydrogens is 194 g/mol. The van der Waals surface area contributed by atoms with Crippen LogP contribution in [0.15, 0.2) is 0 Å². The molecule has 1 amide bonds. The number of nitrogens with zero attached hydrogens (tertiary/aromatic N) is 1. The van der Waals surface area contributed by atoms with E-state index in [0.29, 0.717) is 12.8 Å². The first-order valence-electron chi connectivity index (χ1n) is 5.68. The van der Waals surface area contributed by atoms with Crippen LogP contribution in [0.3, 0.4) is 0 Å². The van der Waals surface area contributed by atoms with E-state index < -0.39 is 11.5 Å². The minimum absolute atomic E-state index is 0.191. The van der Waals surface area contributed by atoms with Crippen molar-refractivity contribution in [3.63, 3.8) is 0 Å². The van der Waals surface area contributed by atoms with Crippen LogP contribution in [0.25, 0.3) is 0 Å². The van der Waals surface area contributed by atoms with E-state index >= 15 is 0 Å². The molecule has 0 bridgehead atoms. The van der Waals surface area contributed by atoms with E-state index in [9.17, 15) is 14.7 Å². The van der Waals surface area contributed by atoms with Gasteiger partial charge in [0.25, 0.3) is 0 Å². The second kappa shape index (κ2) is 3.83. The minimum Gasteiger partial charge on any atom is -0.479 e. The normalized spacial score (nSPS) is 24.5. The third-order valence-electron chi connectivity index (χ3n) is 3.63. The van der Waals surface area contributed by atoms with Crippen LogP contribution in [-0.2, 0) is 9.59 Å². The second-order valence-electron chi connectivity index (χ2n) is 4.64. The van der Waals surface area contributed by atoms with Gasteiger partial charge in [-0.15, -0.1) is 0 Å². The zero-order valence-corrected chi connectivity index (χ0v) is 8.82. The van der Waals surface area contributed by atoms with Crippen molar-refractivity contribution in [3.05, 3.63) is 0 Å². The summed E-state index contributed by atoms with van der Waals surface area (Å²) in [6, 6.07) is 0.191. The molecule has 0 radical (unpaired) electrons.